The minimum Gasteiger partial charge on any atom is -0.309 e. The van der Waals surface area contributed by atoms with E-state index in [-0.39, 0.29) is 5.56 Å². The molecule has 1 aromatic heterocycles. The molecule has 0 saturated carbocycles. The molecule has 0 radical (unpaired) electrons. The molecule has 20 heavy (non-hydrogen) atoms. The van der Waals surface area contributed by atoms with Crippen LogP contribution in [-0.4, -0.2) is 4.57 Å². The minimum absolute atomic E-state index is 0.0807. The van der Waals surface area contributed by atoms with E-state index in [1.54, 1.807) is 6.07 Å². The molecule has 0 unspecified atom stereocenters. The molecule has 0 aliphatic heterocycles. The Kier molecular flexibility index (Phi) is 3.38. The first kappa shape index (κ1) is 12.7. The Labute approximate surface area is 118 Å². The number of aromatic nitrogens is 1. The van der Waals surface area contributed by atoms with Crippen LogP contribution < -0.4 is 5.56 Å². The van der Waals surface area contributed by atoms with Gasteiger partial charge >= 0.3 is 0 Å². The van der Waals surface area contributed by atoms with E-state index in [0.717, 1.165) is 22.9 Å². The molecule has 100 valence electrons. The van der Waals surface area contributed by atoms with Gasteiger partial charge in [-0.3, -0.25) is 4.79 Å². The Bertz CT molecular complexity index is 787. The fourth-order valence-corrected chi connectivity index (χ4v) is 2.69. The minimum atomic E-state index is 0.0807. The summed E-state index contributed by atoms with van der Waals surface area (Å²) in [5.74, 6) is 0. The largest absolute Gasteiger partial charge is 0.309 e. The lowest BCUT2D eigenvalue weighted by Gasteiger charge is -2.12. The van der Waals surface area contributed by atoms with Crippen molar-refractivity contribution in [2.75, 3.05) is 0 Å². The standard InChI is InChI=1S/C18H17NO/c1-2-19-17-11-7-6-10-16(17)15(13-18(19)20)12-14-8-4-3-5-9-14/h3-11,13H,2,12H2,1H3. The number of hydrogen-bond donors (Lipinski definition) is 0. The van der Waals surface area contributed by atoms with Gasteiger partial charge in [-0.2, -0.15) is 0 Å². The number of fused-ring (bicyclic) bond motifs is 1. The quantitative estimate of drug-likeness (QED) is 0.707. The van der Waals surface area contributed by atoms with Gasteiger partial charge in [-0.1, -0.05) is 48.5 Å². The summed E-state index contributed by atoms with van der Waals surface area (Å²) in [5, 5.41) is 1.16. The average Bonchev–Trinajstić information content (AvgIpc) is 2.49. The summed E-state index contributed by atoms with van der Waals surface area (Å²) in [7, 11) is 0. The van der Waals surface area contributed by atoms with Crippen LogP contribution in [0, 0.1) is 0 Å². The van der Waals surface area contributed by atoms with Gasteiger partial charge in [-0.15, -0.1) is 0 Å². The van der Waals surface area contributed by atoms with Crippen molar-refractivity contribution in [1.29, 1.82) is 0 Å². The Morgan fingerprint density at radius 1 is 0.950 bits per heavy atom. The Hall–Kier alpha value is -2.35. The van der Waals surface area contributed by atoms with E-state index in [1.165, 1.54) is 5.56 Å². The van der Waals surface area contributed by atoms with Crippen molar-refractivity contribution < 1.29 is 0 Å². The molecule has 0 aliphatic carbocycles. The summed E-state index contributed by atoms with van der Waals surface area (Å²) in [5.41, 5.74) is 3.43. The molecule has 0 spiro atoms. The van der Waals surface area contributed by atoms with Crippen molar-refractivity contribution in [2.24, 2.45) is 0 Å². The third kappa shape index (κ3) is 2.25. The monoisotopic (exact) mass is 263 g/mol. The highest BCUT2D eigenvalue weighted by Crippen LogP contribution is 2.19. The first-order valence-corrected chi connectivity index (χ1v) is 6.95. The fraction of sp³-hybridized carbons (Fsp3) is 0.167. The SMILES string of the molecule is CCn1c(=O)cc(Cc2ccccc2)c2ccccc21. The number of aryl methyl sites for hydroxylation is 1. The first-order chi connectivity index (χ1) is 9.79. The maximum Gasteiger partial charge on any atom is 0.251 e. The van der Waals surface area contributed by atoms with Gasteiger partial charge in [0.1, 0.15) is 0 Å². The smallest absolute Gasteiger partial charge is 0.251 e. The van der Waals surface area contributed by atoms with Crippen molar-refractivity contribution in [3.8, 4) is 0 Å². The number of nitrogens with zero attached hydrogens (tertiary/aromatic N) is 1. The second-order valence-electron chi connectivity index (χ2n) is 4.93. The average molecular weight is 263 g/mol. The summed E-state index contributed by atoms with van der Waals surface area (Å²) in [6, 6.07) is 20.2. The second-order valence-corrected chi connectivity index (χ2v) is 4.93. The van der Waals surface area contributed by atoms with Crippen molar-refractivity contribution in [1.82, 2.24) is 4.57 Å². The highest BCUT2D eigenvalue weighted by atomic mass is 16.1. The van der Waals surface area contributed by atoms with Gasteiger partial charge in [0, 0.05) is 18.0 Å². The lowest BCUT2D eigenvalue weighted by molar-refractivity contribution is 0.757. The number of hydrogen-bond acceptors (Lipinski definition) is 1. The van der Waals surface area contributed by atoms with Crippen LogP contribution in [0.5, 0.6) is 0 Å². The molecule has 0 bridgehead atoms. The van der Waals surface area contributed by atoms with E-state index in [4.69, 9.17) is 0 Å². The fourth-order valence-electron chi connectivity index (χ4n) is 2.69. The summed E-state index contributed by atoms with van der Waals surface area (Å²) in [6.45, 7) is 2.70. The molecule has 3 aromatic rings. The molecule has 0 amide bonds. The molecular weight excluding hydrogens is 246 g/mol. The molecule has 0 aliphatic rings. The van der Waals surface area contributed by atoms with E-state index in [2.05, 4.69) is 18.2 Å². The zero-order valence-electron chi connectivity index (χ0n) is 11.5. The van der Waals surface area contributed by atoms with Gasteiger partial charge in [0.05, 0.1) is 5.52 Å². The Balaban J connectivity index is 2.19. The van der Waals surface area contributed by atoms with Gasteiger partial charge in [0.15, 0.2) is 0 Å². The Morgan fingerprint density at radius 2 is 1.65 bits per heavy atom. The van der Waals surface area contributed by atoms with E-state index in [0.29, 0.717) is 6.54 Å². The molecule has 3 rings (SSSR count). The molecule has 0 atom stereocenters. The van der Waals surface area contributed by atoms with Crippen LogP contribution >= 0.6 is 0 Å². The van der Waals surface area contributed by atoms with Crippen molar-refractivity contribution >= 4 is 10.9 Å². The van der Waals surface area contributed by atoms with Gasteiger partial charge in [-0.25, -0.2) is 0 Å². The second kappa shape index (κ2) is 5.33. The lowest BCUT2D eigenvalue weighted by atomic mass is 10.0. The van der Waals surface area contributed by atoms with Crippen LogP contribution in [0.2, 0.25) is 0 Å². The zero-order chi connectivity index (χ0) is 13.9. The molecular formula is C18H17NO. The van der Waals surface area contributed by atoms with E-state index in [1.807, 2.05) is 47.9 Å². The van der Waals surface area contributed by atoms with Gasteiger partial charge in [-0.05, 0) is 30.5 Å². The van der Waals surface area contributed by atoms with Crippen LogP contribution in [0.4, 0.5) is 0 Å². The topological polar surface area (TPSA) is 22.0 Å². The maximum absolute atomic E-state index is 12.2. The molecule has 2 heteroatoms. The van der Waals surface area contributed by atoms with Crippen molar-refractivity contribution in [2.45, 2.75) is 19.9 Å². The first-order valence-electron chi connectivity index (χ1n) is 6.95. The highest BCUT2D eigenvalue weighted by molar-refractivity contribution is 5.82. The third-order valence-corrected chi connectivity index (χ3v) is 3.66. The summed E-state index contributed by atoms with van der Waals surface area (Å²) in [6.07, 6.45) is 0.793. The van der Waals surface area contributed by atoms with Crippen LogP contribution in [0.1, 0.15) is 18.1 Å². The number of pyridine rings is 1. The van der Waals surface area contributed by atoms with E-state index in [9.17, 15) is 4.79 Å². The van der Waals surface area contributed by atoms with E-state index >= 15 is 0 Å². The van der Waals surface area contributed by atoms with Gasteiger partial charge in [0.2, 0.25) is 0 Å². The normalized spacial score (nSPS) is 10.8. The molecule has 1 heterocycles. The third-order valence-electron chi connectivity index (χ3n) is 3.66. The number of rotatable bonds is 3. The lowest BCUT2D eigenvalue weighted by Crippen LogP contribution is -2.19. The zero-order valence-corrected chi connectivity index (χ0v) is 11.5. The molecule has 2 aromatic carbocycles. The van der Waals surface area contributed by atoms with E-state index < -0.39 is 0 Å². The molecule has 0 fully saturated rings. The molecule has 2 nitrogen and oxygen atoms in total. The van der Waals surface area contributed by atoms with Crippen LogP contribution in [0.3, 0.4) is 0 Å². The summed E-state index contributed by atoms with van der Waals surface area (Å²) in [4.78, 5) is 12.2. The van der Waals surface area contributed by atoms with Crippen LogP contribution in [0.15, 0.2) is 65.5 Å². The maximum atomic E-state index is 12.2. The van der Waals surface area contributed by atoms with Crippen molar-refractivity contribution in [3.63, 3.8) is 0 Å². The Morgan fingerprint density at radius 3 is 2.40 bits per heavy atom. The highest BCUT2D eigenvalue weighted by Gasteiger charge is 2.07. The van der Waals surface area contributed by atoms with Crippen LogP contribution in [0.25, 0.3) is 10.9 Å². The summed E-state index contributed by atoms with van der Waals surface area (Å²) >= 11 is 0. The van der Waals surface area contributed by atoms with Gasteiger partial charge in [0.25, 0.3) is 5.56 Å². The molecule has 0 N–H and O–H groups in total. The predicted molar refractivity (Wildman–Crippen MR) is 83.1 cm³/mol. The van der Waals surface area contributed by atoms with Gasteiger partial charge < -0.3 is 4.57 Å². The number of para-hydroxylation sites is 1. The van der Waals surface area contributed by atoms with Crippen molar-refractivity contribution in [3.05, 3.63) is 82.1 Å². The van der Waals surface area contributed by atoms with Crippen LogP contribution in [-0.2, 0) is 13.0 Å². The predicted octanol–water partition coefficient (Wildman–Crippen LogP) is 3.61. The number of benzene rings is 2. The summed E-state index contributed by atoms with van der Waals surface area (Å²) < 4.78 is 1.82. The molecule has 0 saturated heterocycles.